The maximum atomic E-state index is 12.2. The first-order valence-electron chi connectivity index (χ1n) is 11.1. The van der Waals surface area contributed by atoms with E-state index in [4.69, 9.17) is 14.2 Å². The summed E-state index contributed by atoms with van der Waals surface area (Å²) in [5.74, 6) is 0.560. The number of ether oxygens (including phenoxy) is 3. The van der Waals surface area contributed by atoms with Crippen LogP contribution in [0.3, 0.4) is 0 Å². The predicted octanol–water partition coefficient (Wildman–Crippen LogP) is 4.07. The molecule has 174 valence electrons. The first-order valence-corrected chi connectivity index (χ1v) is 12.7. The molecular weight excluding hydrogens is 418 g/mol. The molecular formula is C23H35NO6S. The van der Waals surface area contributed by atoms with Crippen LogP contribution < -0.4 is 14.2 Å². The summed E-state index contributed by atoms with van der Waals surface area (Å²) in [6, 6.07) is 5.41. The number of amides is 1. The molecule has 1 fully saturated rings. The third kappa shape index (κ3) is 9.74. The number of hydrogen-bond acceptors (Lipinski definition) is 6. The van der Waals surface area contributed by atoms with Crippen molar-refractivity contribution in [3.05, 3.63) is 29.8 Å². The number of methoxy groups -OCH3 is 1. The highest BCUT2D eigenvalue weighted by atomic mass is 32.2. The maximum Gasteiger partial charge on any atom is 0.257 e. The van der Waals surface area contributed by atoms with Crippen LogP contribution in [0.4, 0.5) is 0 Å². The second-order valence-electron chi connectivity index (χ2n) is 7.74. The fraction of sp³-hybridized carbons (Fsp3) is 0.609. The summed E-state index contributed by atoms with van der Waals surface area (Å²) in [6.07, 6.45) is 10.7. The van der Waals surface area contributed by atoms with Gasteiger partial charge in [0.05, 0.1) is 18.5 Å². The number of benzene rings is 1. The van der Waals surface area contributed by atoms with Crippen molar-refractivity contribution in [3.8, 4) is 11.5 Å². The Morgan fingerprint density at radius 3 is 2.65 bits per heavy atom. The van der Waals surface area contributed by atoms with E-state index >= 15 is 0 Å². The van der Waals surface area contributed by atoms with E-state index in [0.717, 1.165) is 38.5 Å². The van der Waals surface area contributed by atoms with Crippen LogP contribution in [0.1, 0.15) is 63.9 Å². The van der Waals surface area contributed by atoms with E-state index in [9.17, 15) is 13.2 Å². The van der Waals surface area contributed by atoms with Crippen molar-refractivity contribution in [2.45, 2.75) is 64.4 Å². The van der Waals surface area contributed by atoms with Crippen LogP contribution in [-0.2, 0) is 19.6 Å². The zero-order chi connectivity index (χ0) is 22.5. The molecule has 1 aromatic rings. The molecule has 7 nitrogen and oxygen atoms in total. The van der Waals surface area contributed by atoms with Crippen molar-refractivity contribution in [2.75, 3.05) is 26.1 Å². The highest BCUT2D eigenvalue weighted by molar-refractivity contribution is 7.90. The van der Waals surface area contributed by atoms with Crippen molar-refractivity contribution in [2.24, 2.45) is 0 Å². The molecule has 1 amide bonds. The normalized spacial score (nSPS) is 15.2. The van der Waals surface area contributed by atoms with Gasteiger partial charge in [-0.15, -0.1) is 0 Å². The molecule has 0 atom stereocenters. The van der Waals surface area contributed by atoms with Crippen molar-refractivity contribution in [3.63, 3.8) is 0 Å². The lowest BCUT2D eigenvalue weighted by atomic mass is 9.97. The highest BCUT2D eigenvalue weighted by Crippen LogP contribution is 2.30. The van der Waals surface area contributed by atoms with E-state index in [0.29, 0.717) is 36.7 Å². The lowest BCUT2D eigenvalue weighted by Gasteiger charge is -2.24. The van der Waals surface area contributed by atoms with Crippen molar-refractivity contribution in [1.29, 1.82) is 0 Å². The third-order valence-electron chi connectivity index (χ3n) is 5.07. The smallest absolute Gasteiger partial charge is 0.257 e. The minimum absolute atomic E-state index is 0.0516. The molecule has 31 heavy (non-hydrogen) atoms. The standard InChI is InChI=1S/C23H35NO6S/c1-3-4-8-17-31(26,27)24-23(25)14-12-19-11-13-21(29-16-15-28-2)18-22(19)30-20-9-6-5-7-10-20/h11-14,18,20H,3-10,15-17H2,1-2H3,(H,24,25). The molecule has 0 aliphatic heterocycles. The molecule has 1 aliphatic rings. The molecule has 0 unspecified atom stereocenters. The fourth-order valence-electron chi connectivity index (χ4n) is 3.40. The Morgan fingerprint density at radius 2 is 1.94 bits per heavy atom. The highest BCUT2D eigenvalue weighted by Gasteiger charge is 2.17. The summed E-state index contributed by atoms with van der Waals surface area (Å²) < 4.78 is 43.0. The molecule has 0 aromatic heterocycles. The Labute approximate surface area is 186 Å². The van der Waals surface area contributed by atoms with Gasteiger partial charge in [-0.25, -0.2) is 13.1 Å². The Balaban J connectivity index is 2.08. The van der Waals surface area contributed by atoms with E-state index in [-0.39, 0.29) is 11.9 Å². The van der Waals surface area contributed by atoms with E-state index in [1.807, 2.05) is 13.0 Å². The topological polar surface area (TPSA) is 90.9 Å². The van der Waals surface area contributed by atoms with E-state index < -0.39 is 15.9 Å². The van der Waals surface area contributed by atoms with Crippen LogP contribution in [0.15, 0.2) is 24.3 Å². The average Bonchev–Trinajstić information content (AvgIpc) is 2.74. The largest absolute Gasteiger partial charge is 0.491 e. The summed E-state index contributed by atoms with van der Waals surface area (Å²) in [5, 5.41) is 0. The van der Waals surface area contributed by atoms with Gasteiger partial charge in [-0.3, -0.25) is 4.79 Å². The van der Waals surface area contributed by atoms with Gasteiger partial charge in [-0.1, -0.05) is 26.2 Å². The van der Waals surface area contributed by atoms with Gasteiger partial charge in [-0.05, 0) is 50.3 Å². The van der Waals surface area contributed by atoms with Gasteiger partial charge in [0.25, 0.3) is 5.91 Å². The summed E-state index contributed by atoms with van der Waals surface area (Å²) in [4.78, 5) is 12.2. The number of nitrogens with one attached hydrogen (secondary N) is 1. The van der Waals surface area contributed by atoms with Gasteiger partial charge in [-0.2, -0.15) is 0 Å². The SMILES string of the molecule is CCCCCS(=O)(=O)NC(=O)C=Cc1ccc(OCCOC)cc1OC1CCCCC1. The number of sulfonamides is 1. The van der Waals surface area contributed by atoms with Gasteiger partial charge < -0.3 is 14.2 Å². The minimum Gasteiger partial charge on any atom is -0.491 e. The Hall–Kier alpha value is -2.06. The van der Waals surface area contributed by atoms with Crippen LogP contribution >= 0.6 is 0 Å². The third-order valence-corrected chi connectivity index (χ3v) is 6.41. The van der Waals surface area contributed by atoms with Crippen molar-refractivity contribution in [1.82, 2.24) is 4.72 Å². The number of carbonyl (C=O) groups is 1. The minimum atomic E-state index is -3.62. The second-order valence-corrected chi connectivity index (χ2v) is 9.59. The lowest BCUT2D eigenvalue weighted by Crippen LogP contribution is -2.31. The molecule has 0 radical (unpaired) electrons. The van der Waals surface area contributed by atoms with Crippen molar-refractivity contribution >= 4 is 22.0 Å². The second kappa shape index (κ2) is 13.4. The number of unbranched alkanes of at least 4 members (excludes halogenated alkanes) is 2. The summed E-state index contributed by atoms with van der Waals surface area (Å²) >= 11 is 0. The molecule has 1 aliphatic carbocycles. The maximum absolute atomic E-state index is 12.2. The number of carbonyl (C=O) groups excluding carboxylic acids is 1. The molecule has 2 rings (SSSR count). The van der Waals surface area contributed by atoms with Crippen molar-refractivity contribution < 1.29 is 27.4 Å². The summed E-state index contributed by atoms with van der Waals surface area (Å²) in [5.41, 5.74) is 0.697. The Morgan fingerprint density at radius 1 is 1.16 bits per heavy atom. The molecule has 1 aromatic carbocycles. The Bertz CT molecular complexity index is 815. The van der Waals surface area contributed by atoms with E-state index in [1.54, 1.807) is 25.3 Å². The molecule has 0 spiro atoms. The first kappa shape index (κ1) is 25.2. The quantitative estimate of drug-likeness (QED) is 0.358. The zero-order valence-electron chi connectivity index (χ0n) is 18.6. The number of rotatable bonds is 13. The molecule has 1 saturated carbocycles. The van der Waals surface area contributed by atoms with E-state index in [1.165, 1.54) is 12.5 Å². The zero-order valence-corrected chi connectivity index (χ0v) is 19.4. The fourth-order valence-corrected chi connectivity index (χ4v) is 4.46. The van der Waals surface area contributed by atoms with E-state index in [2.05, 4.69) is 4.72 Å². The Kier molecular flexibility index (Phi) is 10.9. The van der Waals surface area contributed by atoms with Crippen LogP contribution in [0.2, 0.25) is 0 Å². The predicted molar refractivity (Wildman–Crippen MR) is 122 cm³/mol. The summed E-state index contributed by atoms with van der Waals surface area (Å²) in [7, 11) is -2.01. The molecule has 1 N–H and O–H groups in total. The monoisotopic (exact) mass is 453 g/mol. The van der Waals surface area contributed by atoms with Gasteiger partial charge in [0.15, 0.2) is 0 Å². The van der Waals surface area contributed by atoms with Crippen LogP contribution in [0, 0.1) is 0 Å². The van der Waals surface area contributed by atoms with Gasteiger partial charge in [0, 0.05) is 24.8 Å². The average molecular weight is 454 g/mol. The van der Waals surface area contributed by atoms with Crippen LogP contribution in [0.5, 0.6) is 11.5 Å². The number of hydrogen-bond donors (Lipinski definition) is 1. The summed E-state index contributed by atoms with van der Waals surface area (Å²) in [6.45, 7) is 2.90. The lowest BCUT2D eigenvalue weighted by molar-refractivity contribution is -0.114. The molecule has 0 saturated heterocycles. The van der Waals surface area contributed by atoms with Gasteiger partial charge in [0.2, 0.25) is 10.0 Å². The molecule has 8 heteroatoms. The van der Waals surface area contributed by atoms with Crippen LogP contribution in [0.25, 0.3) is 6.08 Å². The van der Waals surface area contributed by atoms with Gasteiger partial charge in [0.1, 0.15) is 18.1 Å². The molecule has 0 bridgehead atoms. The molecule has 0 heterocycles. The van der Waals surface area contributed by atoms with Gasteiger partial charge >= 0.3 is 0 Å². The van der Waals surface area contributed by atoms with Crippen LogP contribution in [-0.4, -0.2) is 46.5 Å². The first-order chi connectivity index (χ1) is 14.9.